The second-order valence-corrected chi connectivity index (χ2v) is 8.30. The van der Waals surface area contributed by atoms with Gasteiger partial charge in [0.15, 0.2) is 5.65 Å². The minimum Gasteiger partial charge on any atom is -0.483 e. The van der Waals surface area contributed by atoms with Crippen LogP contribution in [0.4, 0.5) is 0 Å². The molecule has 0 radical (unpaired) electrons. The number of carboxylic acid groups (broad SMARTS) is 1. The van der Waals surface area contributed by atoms with E-state index in [0.717, 1.165) is 12.8 Å². The molecule has 2 aromatic rings. The Balaban J connectivity index is 0.000000775. The van der Waals surface area contributed by atoms with Gasteiger partial charge in [-0.2, -0.15) is 5.10 Å². The van der Waals surface area contributed by atoms with Gasteiger partial charge in [-0.15, -0.1) is 0 Å². The Kier molecular flexibility index (Phi) is 6.38. The number of carbonyl (C=O) groups excluding carboxylic acids is 2. The van der Waals surface area contributed by atoms with E-state index in [0.29, 0.717) is 44.0 Å². The maximum absolute atomic E-state index is 12.8. The number of methoxy groups -OCH3 is 1. The molecule has 0 unspecified atom stereocenters. The Labute approximate surface area is 184 Å². The average Bonchev–Trinajstić information content (AvgIpc) is 3.55. The molecular formula is C21H27N5O6. The number of fused-ring (bicyclic) bond motifs is 2. The average molecular weight is 445 g/mol. The lowest BCUT2D eigenvalue weighted by Crippen LogP contribution is -2.42. The molecule has 11 heteroatoms. The van der Waals surface area contributed by atoms with E-state index in [2.05, 4.69) is 15.4 Å². The number of amides is 2. The number of hydrogen-bond donors (Lipinski definition) is 2. The highest BCUT2D eigenvalue weighted by Gasteiger charge is 2.63. The van der Waals surface area contributed by atoms with Gasteiger partial charge in [0.2, 0.25) is 5.91 Å². The van der Waals surface area contributed by atoms with E-state index in [4.69, 9.17) is 19.4 Å². The van der Waals surface area contributed by atoms with Gasteiger partial charge < -0.3 is 24.8 Å². The van der Waals surface area contributed by atoms with Crippen molar-refractivity contribution in [2.75, 3.05) is 33.4 Å². The number of pyridine rings is 1. The van der Waals surface area contributed by atoms with E-state index in [9.17, 15) is 9.59 Å². The Morgan fingerprint density at radius 2 is 2.25 bits per heavy atom. The van der Waals surface area contributed by atoms with Crippen molar-refractivity contribution in [2.24, 2.45) is 11.8 Å². The summed E-state index contributed by atoms with van der Waals surface area (Å²) in [6.07, 6.45) is 3.95. The summed E-state index contributed by atoms with van der Waals surface area (Å²) < 4.78 is 13.0. The molecule has 2 bridgehead atoms. The van der Waals surface area contributed by atoms with Crippen molar-refractivity contribution in [2.45, 2.75) is 31.0 Å². The number of nitrogens with zero attached hydrogens (tertiary/aromatic N) is 4. The zero-order chi connectivity index (χ0) is 22.7. The molecule has 4 atom stereocenters. The van der Waals surface area contributed by atoms with Crippen molar-refractivity contribution in [3.05, 3.63) is 30.2 Å². The monoisotopic (exact) mass is 445 g/mol. The van der Waals surface area contributed by atoms with Gasteiger partial charge in [-0.3, -0.25) is 14.4 Å². The van der Waals surface area contributed by atoms with E-state index >= 15 is 0 Å². The van der Waals surface area contributed by atoms with Crippen LogP contribution in [0.5, 0.6) is 0 Å². The molecule has 2 N–H and O–H groups in total. The van der Waals surface area contributed by atoms with E-state index in [-0.39, 0.29) is 41.8 Å². The molecule has 0 aromatic carbocycles. The molecule has 2 amide bonds. The van der Waals surface area contributed by atoms with Gasteiger partial charge in [0.25, 0.3) is 12.4 Å². The first kappa shape index (κ1) is 22.2. The predicted octanol–water partition coefficient (Wildman–Crippen LogP) is 0.202. The Morgan fingerprint density at radius 1 is 1.44 bits per heavy atom. The van der Waals surface area contributed by atoms with Crippen LogP contribution in [0.1, 0.15) is 29.8 Å². The molecule has 0 saturated carbocycles. The minimum atomic E-state index is -0.250. The minimum absolute atomic E-state index is 0.114. The van der Waals surface area contributed by atoms with E-state index in [1.54, 1.807) is 23.8 Å². The van der Waals surface area contributed by atoms with E-state index in [1.165, 1.54) is 6.33 Å². The lowest BCUT2D eigenvalue weighted by atomic mass is 9.73. The summed E-state index contributed by atoms with van der Waals surface area (Å²) in [6, 6.07) is 5.35. The van der Waals surface area contributed by atoms with Gasteiger partial charge >= 0.3 is 0 Å². The Morgan fingerprint density at radius 3 is 3.03 bits per heavy atom. The smallest absolute Gasteiger partial charge is 0.290 e. The fourth-order valence-electron chi connectivity index (χ4n) is 5.32. The van der Waals surface area contributed by atoms with Crippen LogP contribution in [0.3, 0.4) is 0 Å². The predicted molar refractivity (Wildman–Crippen MR) is 111 cm³/mol. The first-order valence-electron chi connectivity index (χ1n) is 10.6. The molecule has 32 heavy (non-hydrogen) atoms. The molecule has 3 saturated heterocycles. The normalized spacial score (nSPS) is 27.7. The van der Waals surface area contributed by atoms with Crippen LogP contribution in [0.15, 0.2) is 24.5 Å². The summed E-state index contributed by atoms with van der Waals surface area (Å²) in [7, 11) is 1.61. The maximum Gasteiger partial charge on any atom is 0.290 e. The fraction of sp³-hybridized carbons (Fsp3) is 0.571. The quantitative estimate of drug-likeness (QED) is 0.602. The third kappa shape index (κ3) is 3.93. The van der Waals surface area contributed by atoms with E-state index < -0.39 is 0 Å². The molecule has 11 nitrogen and oxygen atoms in total. The first-order chi connectivity index (χ1) is 15.5. The molecule has 1 spiro atoms. The van der Waals surface area contributed by atoms with Crippen LogP contribution < -0.4 is 5.32 Å². The molecule has 5 heterocycles. The number of likely N-dealkylation sites (tertiary alicyclic amines) is 1. The van der Waals surface area contributed by atoms with Crippen molar-refractivity contribution in [1.82, 2.24) is 24.8 Å². The van der Waals surface area contributed by atoms with Crippen molar-refractivity contribution in [1.29, 1.82) is 0 Å². The number of nitrogens with one attached hydrogen (secondary N) is 1. The molecular weight excluding hydrogens is 418 g/mol. The standard InChI is InChI=1S/C20H25N5O4.CH2O2/c1-28-8-6-18(26)24-10-14-13(16-5-7-20(14,11-24)29-16)9-21-19(27)15-3-2-4-17-22-12-23-25(15)17;2-1-3/h2-4,12-14,16H,5-11H2,1H3,(H,21,27);1H,(H,2,3)/t13-,14+,16+,20+;/m0./s1. The second kappa shape index (κ2) is 9.21. The highest BCUT2D eigenvalue weighted by Crippen LogP contribution is 2.54. The maximum atomic E-state index is 12.8. The summed E-state index contributed by atoms with van der Waals surface area (Å²) >= 11 is 0. The summed E-state index contributed by atoms with van der Waals surface area (Å²) in [5.41, 5.74) is 0.858. The zero-order valence-corrected chi connectivity index (χ0v) is 17.8. The highest BCUT2D eigenvalue weighted by atomic mass is 16.5. The number of ether oxygens (including phenoxy) is 2. The molecule has 2 aromatic heterocycles. The van der Waals surface area contributed by atoms with Gasteiger partial charge in [0.05, 0.1) is 31.3 Å². The largest absolute Gasteiger partial charge is 0.483 e. The molecule has 5 rings (SSSR count). The molecule has 3 aliphatic rings. The Hall–Kier alpha value is -3.05. The first-order valence-corrected chi connectivity index (χ1v) is 10.6. The van der Waals surface area contributed by atoms with Crippen molar-refractivity contribution < 1.29 is 29.0 Å². The summed E-state index contributed by atoms with van der Waals surface area (Å²) in [6.45, 7) is 2.06. The lowest BCUT2D eigenvalue weighted by Gasteiger charge is -2.29. The summed E-state index contributed by atoms with van der Waals surface area (Å²) in [4.78, 5) is 39.6. The third-order valence-corrected chi connectivity index (χ3v) is 6.69. The molecule has 172 valence electrons. The number of aromatic nitrogens is 3. The topological polar surface area (TPSA) is 135 Å². The molecule has 0 aliphatic carbocycles. The van der Waals surface area contributed by atoms with Gasteiger partial charge in [-0.25, -0.2) is 9.50 Å². The van der Waals surface area contributed by atoms with Crippen LogP contribution in [-0.4, -0.2) is 87.9 Å². The number of carbonyl (C=O) groups is 3. The SMILES string of the molecule is COCCC(=O)N1C[C@@H]2[C@H](CNC(=O)c3cccc4ncnn34)[C@H]3CC[C@]2(C1)O3.O=CO. The van der Waals surface area contributed by atoms with E-state index in [1.807, 2.05) is 11.0 Å². The number of rotatable bonds is 6. The summed E-state index contributed by atoms with van der Waals surface area (Å²) in [5.74, 6) is 0.408. The molecule has 3 aliphatic heterocycles. The van der Waals surface area contributed by atoms with Crippen molar-refractivity contribution in [3.63, 3.8) is 0 Å². The highest BCUT2D eigenvalue weighted by molar-refractivity contribution is 5.93. The second-order valence-electron chi connectivity index (χ2n) is 8.30. The fourth-order valence-corrected chi connectivity index (χ4v) is 5.32. The number of hydrogen-bond acceptors (Lipinski definition) is 7. The van der Waals surface area contributed by atoms with Crippen LogP contribution in [0, 0.1) is 11.8 Å². The van der Waals surface area contributed by atoms with Crippen molar-refractivity contribution >= 4 is 23.9 Å². The zero-order valence-electron chi connectivity index (χ0n) is 17.8. The molecule has 3 fully saturated rings. The van der Waals surface area contributed by atoms with Gasteiger partial charge in [0, 0.05) is 32.0 Å². The van der Waals surface area contributed by atoms with Gasteiger partial charge in [-0.05, 0) is 25.0 Å². The van der Waals surface area contributed by atoms with Gasteiger partial charge in [0.1, 0.15) is 12.0 Å². The van der Waals surface area contributed by atoms with Gasteiger partial charge in [-0.1, -0.05) is 6.07 Å². The van der Waals surface area contributed by atoms with Crippen molar-refractivity contribution in [3.8, 4) is 0 Å². The lowest BCUT2D eigenvalue weighted by molar-refractivity contribution is -0.132. The van der Waals surface area contributed by atoms with Crippen LogP contribution >= 0.6 is 0 Å². The third-order valence-electron chi connectivity index (χ3n) is 6.69. The Bertz CT molecular complexity index is 996. The van der Waals surface area contributed by atoms with Crippen LogP contribution in [0.25, 0.3) is 5.65 Å². The van der Waals surface area contributed by atoms with Crippen LogP contribution in [-0.2, 0) is 19.1 Å². The summed E-state index contributed by atoms with van der Waals surface area (Å²) in [5, 5.41) is 14.1. The van der Waals surface area contributed by atoms with Crippen LogP contribution in [0.2, 0.25) is 0 Å².